The van der Waals surface area contributed by atoms with Crippen LogP contribution in [0.4, 0.5) is 17.5 Å². The summed E-state index contributed by atoms with van der Waals surface area (Å²) in [6, 6.07) is 10.7. The Morgan fingerprint density at radius 2 is 1.96 bits per heavy atom. The fourth-order valence-corrected chi connectivity index (χ4v) is 2.79. The second kappa shape index (κ2) is 7.13. The van der Waals surface area contributed by atoms with Crippen LogP contribution in [-0.4, -0.2) is 42.7 Å². The molecule has 5 nitrogen and oxygen atoms in total. The molecule has 1 aromatic carbocycles. The number of anilines is 3. The van der Waals surface area contributed by atoms with Gasteiger partial charge >= 0.3 is 0 Å². The largest absolute Gasteiger partial charge is 0.368 e. The summed E-state index contributed by atoms with van der Waals surface area (Å²) in [5, 5.41) is 3.14. The third-order valence-corrected chi connectivity index (χ3v) is 4.02. The maximum Gasteiger partial charge on any atom is 0.224 e. The molecule has 2 aromatic rings. The lowest BCUT2D eigenvalue weighted by Gasteiger charge is -2.36. The predicted octanol–water partition coefficient (Wildman–Crippen LogP) is 2.71. The van der Waals surface area contributed by atoms with E-state index in [4.69, 9.17) is 0 Å². The number of nitrogens with one attached hydrogen (secondary N) is 1. The van der Waals surface area contributed by atoms with E-state index in [0.29, 0.717) is 12.5 Å². The Labute approximate surface area is 137 Å². The number of rotatable bonds is 5. The average molecular weight is 309 g/mol. The van der Waals surface area contributed by atoms with Gasteiger partial charge < -0.3 is 15.1 Å². The van der Waals surface area contributed by atoms with Gasteiger partial charge in [0.15, 0.2) is 0 Å². The molecule has 0 spiro atoms. The maximum atomic E-state index is 4.58. The zero-order valence-corrected chi connectivity index (χ0v) is 13.6. The van der Waals surface area contributed by atoms with E-state index in [9.17, 15) is 0 Å². The third-order valence-electron chi connectivity index (χ3n) is 4.02. The van der Waals surface area contributed by atoms with Crippen molar-refractivity contribution in [3.05, 3.63) is 54.7 Å². The first-order valence-electron chi connectivity index (χ1n) is 8.00. The van der Waals surface area contributed by atoms with E-state index in [0.717, 1.165) is 32.0 Å². The lowest BCUT2D eigenvalue weighted by atomic mass is 10.2. The Hall–Kier alpha value is -2.56. The molecule has 23 heavy (non-hydrogen) atoms. The summed E-state index contributed by atoms with van der Waals surface area (Å²) >= 11 is 0. The highest BCUT2D eigenvalue weighted by Crippen LogP contribution is 2.20. The number of aromatic nitrogens is 2. The molecule has 1 aliphatic rings. The minimum atomic E-state index is 0.656. The SMILES string of the molecule is C=CCNc1nccc(N2CCN(c3cccc(C)c3)CC2)n1. The topological polar surface area (TPSA) is 44.3 Å². The highest BCUT2D eigenvalue weighted by molar-refractivity contribution is 5.51. The van der Waals surface area contributed by atoms with E-state index in [1.54, 1.807) is 12.3 Å². The Morgan fingerprint density at radius 3 is 2.70 bits per heavy atom. The minimum Gasteiger partial charge on any atom is -0.368 e. The van der Waals surface area contributed by atoms with Crippen LogP contribution in [0.1, 0.15) is 5.56 Å². The number of nitrogens with zero attached hydrogens (tertiary/aromatic N) is 4. The molecule has 0 atom stereocenters. The van der Waals surface area contributed by atoms with E-state index >= 15 is 0 Å². The third kappa shape index (κ3) is 3.80. The molecule has 120 valence electrons. The Bertz CT molecular complexity index is 662. The quantitative estimate of drug-likeness (QED) is 0.860. The molecular formula is C18H23N5. The van der Waals surface area contributed by atoms with Crippen LogP contribution in [0.5, 0.6) is 0 Å². The van der Waals surface area contributed by atoms with Crippen LogP contribution >= 0.6 is 0 Å². The molecular weight excluding hydrogens is 286 g/mol. The first-order valence-corrected chi connectivity index (χ1v) is 8.00. The predicted molar refractivity (Wildman–Crippen MR) is 96.3 cm³/mol. The van der Waals surface area contributed by atoms with E-state index < -0.39 is 0 Å². The molecule has 1 saturated heterocycles. The number of piperazine rings is 1. The molecule has 0 radical (unpaired) electrons. The highest BCUT2D eigenvalue weighted by Gasteiger charge is 2.18. The summed E-state index contributed by atoms with van der Waals surface area (Å²) in [4.78, 5) is 13.6. The summed E-state index contributed by atoms with van der Waals surface area (Å²) in [5.41, 5.74) is 2.61. The maximum absolute atomic E-state index is 4.58. The van der Waals surface area contributed by atoms with Gasteiger partial charge in [-0.25, -0.2) is 4.98 Å². The molecule has 0 amide bonds. The monoisotopic (exact) mass is 309 g/mol. The number of aryl methyl sites for hydroxylation is 1. The van der Waals surface area contributed by atoms with Crippen LogP contribution in [0.25, 0.3) is 0 Å². The minimum absolute atomic E-state index is 0.656. The standard InChI is InChI=1S/C18H23N5/c1-3-8-19-18-20-9-7-17(21-18)23-12-10-22(11-13-23)16-6-4-5-15(2)14-16/h3-7,9,14H,1,8,10-13H2,2H3,(H,19,20,21). The van der Waals surface area contributed by atoms with Gasteiger partial charge in [0.1, 0.15) is 5.82 Å². The van der Waals surface area contributed by atoms with E-state index in [-0.39, 0.29) is 0 Å². The van der Waals surface area contributed by atoms with Crippen molar-refractivity contribution in [3.63, 3.8) is 0 Å². The van der Waals surface area contributed by atoms with Crippen molar-refractivity contribution in [2.45, 2.75) is 6.92 Å². The fraction of sp³-hybridized carbons (Fsp3) is 0.333. The van der Waals surface area contributed by atoms with Crippen LogP contribution in [0, 0.1) is 6.92 Å². The molecule has 0 saturated carbocycles. The van der Waals surface area contributed by atoms with Crippen molar-refractivity contribution in [2.75, 3.05) is 47.8 Å². The van der Waals surface area contributed by atoms with Crippen molar-refractivity contribution in [2.24, 2.45) is 0 Å². The van der Waals surface area contributed by atoms with Crippen LogP contribution in [0.3, 0.4) is 0 Å². The van der Waals surface area contributed by atoms with Crippen molar-refractivity contribution in [1.82, 2.24) is 9.97 Å². The van der Waals surface area contributed by atoms with Gasteiger partial charge in [-0.2, -0.15) is 4.98 Å². The first kappa shape index (κ1) is 15.3. The van der Waals surface area contributed by atoms with Gasteiger partial charge in [0.25, 0.3) is 0 Å². The molecule has 2 heterocycles. The van der Waals surface area contributed by atoms with Gasteiger partial charge in [-0.15, -0.1) is 6.58 Å². The van der Waals surface area contributed by atoms with Gasteiger partial charge in [0.2, 0.25) is 5.95 Å². The van der Waals surface area contributed by atoms with Crippen molar-refractivity contribution in [1.29, 1.82) is 0 Å². The number of hydrogen-bond acceptors (Lipinski definition) is 5. The lowest BCUT2D eigenvalue weighted by molar-refractivity contribution is 0.647. The molecule has 1 N–H and O–H groups in total. The molecule has 0 aliphatic carbocycles. The van der Waals surface area contributed by atoms with Crippen LogP contribution in [0.2, 0.25) is 0 Å². The van der Waals surface area contributed by atoms with Crippen molar-refractivity contribution < 1.29 is 0 Å². The van der Waals surface area contributed by atoms with Crippen LogP contribution in [-0.2, 0) is 0 Å². The Balaban J connectivity index is 1.63. The highest BCUT2D eigenvalue weighted by atomic mass is 15.3. The summed E-state index contributed by atoms with van der Waals surface area (Å²) in [6.07, 6.45) is 3.61. The van der Waals surface area contributed by atoms with Crippen molar-refractivity contribution >= 4 is 17.5 Å². The number of hydrogen-bond donors (Lipinski definition) is 1. The van der Waals surface area contributed by atoms with Crippen LogP contribution in [0.15, 0.2) is 49.2 Å². The molecule has 3 rings (SSSR count). The van der Waals surface area contributed by atoms with Gasteiger partial charge in [0, 0.05) is 44.6 Å². The summed E-state index contributed by atoms with van der Waals surface area (Å²) in [5.74, 6) is 1.64. The zero-order chi connectivity index (χ0) is 16.1. The first-order chi connectivity index (χ1) is 11.3. The van der Waals surface area contributed by atoms with Gasteiger partial charge in [0.05, 0.1) is 0 Å². The van der Waals surface area contributed by atoms with Gasteiger partial charge in [-0.3, -0.25) is 0 Å². The zero-order valence-electron chi connectivity index (χ0n) is 13.6. The fourth-order valence-electron chi connectivity index (χ4n) is 2.79. The Morgan fingerprint density at radius 1 is 1.17 bits per heavy atom. The van der Waals surface area contributed by atoms with E-state index in [2.05, 4.69) is 62.9 Å². The van der Waals surface area contributed by atoms with Crippen molar-refractivity contribution in [3.8, 4) is 0 Å². The second-order valence-corrected chi connectivity index (χ2v) is 5.72. The summed E-state index contributed by atoms with van der Waals surface area (Å²) in [7, 11) is 0. The molecule has 1 aromatic heterocycles. The molecule has 0 bridgehead atoms. The normalized spacial score (nSPS) is 14.7. The molecule has 0 unspecified atom stereocenters. The lowest BCUT2D eigenvalue weighted by Crippen LogP contribution is -2.46. The molecule has 1 fully saturated rings. The van der Waals surface area contributed by atoms with Crippen LogP contribution < -0.4 is 15.1 Å². The van der Waals surface area contributed by atoms with E-state index in [1.165, 1.54) is 11.3 Å². The number of benzene rings is 1. The molecule has 1 aliphatic heterocycles. The summed E-state index contributed by atoms with van der Waals surface area (Å²) < 4.78 is 0. The summed E-state index contributed by atoms with van der Waals surface area (Å²) in [6.45, 7) is 10.4. The smallest absolute Gasteiger partial charge is 0.224 e. The average Bonchev–Trinajstić information content (AvgIpc) is 2.60. The Kier molecular flexibility index (Phi) is 4.76. The second-order valence-electron chi connectivity index (χ2n) is 5.72. The van der Waals surface area contributed by atoms with Gasteiger partial charge in [-0.05, 0) is 30.7 Å². The van der Waals surface area contributed by atoms with Gasteiger partial charge in [-0.1, -0.05) is 18.2 Å². The van der Waals surface area contributed by atoms with E-state index in [1.807, 2.05) is 6.07 Å². The molecule has 5 heteroatoms.